The van der Waals surface area contributed by atoms with Gasteiger partial charge in [0.05, 0.1) is 6.61 Å². The molecule has 0 heterocycles. The van der Waals surface area contributed by atoms with Crippen molar-refractivity contribution in [3.8, 4) is 5.75 Å². The minimum atomic E-state index is 0.828. The molecule has 2 fully saturated rings. The first-order valence-corrected chi connectivity index (χ1v) is 6.92. The first-order chi connectivity index (χ1) is 8.20. The van der Waals surface area contributed by atoms with Gasteiger partial charge in [-0.3, -0.25) is 0 Å². The van der Waals surface area contributed by atoms with E-state index in [2.05, 4.69) is 32.0 Å². The lowest BCUT2D eigenvalue weighted by Crippen LogP contribution is -2.18. The van der Waals surface area contributed by atoms with Crippen molar-refractivity contribution in [1.29, 1.82) is 0 Å². The molecule has 3 rings (SSSR count). The van der Waals surface area contributed by atoms with Gasteiger partial charge in [0.25, 0.3) is 0 Å². The van der Waals surface area contributed by atoms with Gasteiger partial charge in [-0.15, -0.1) is 0 Å². The van der Waals surface area contributed by atoms with E-state index in [4.69, 9.17) is 4.74 Å². The van der Waals surface area contributed by atoms with Crippen LogP contribution in [-0.4, -0.2) is 6.61 Å². The Labute approximate surface area is 104 Å². The Morgan fingerprint density at radius 1 is 1.06 bits per heavy atom. The van der Waals surface area contributed by atoms with Gasteiger partial charge in [0, 0.05) is 0 Å². The van der Waals surface area contributed by atoms with Crippen LogP contribution in [0.4, 0.5) is 0 Å². The molecule has 0 aromatic heterocycles. The van der Waals surface area contributed by atoms with Gasteiger partial charge in [-0.25, -0.2) is 0 Å². The number of rotatable bonds is 3. The Balaban J connectivity index is 1.60. The number of hydrogen-bond acceptors (Lipinski definition) is 1. The highest BCUT2D eigenvalue weighted by Gasteiger charge is 2.39. The Hall–Kier alpha value is -0.980. The van der Waals surface area contributed by atoms with Crippen molar-refractivity contribution < 1.29 is 4.74 Å². The molecular formula is C16H22O. The van der Waals surface area contributed by atoms with Gasteiger partial charge in [-0.1, -0.05) is 12.5 Å². The summed E-state index contributed by atoms with van der Waals surface area (Å²) >= 11 is 0. The zero-order chi connectivity index (χ0) is 11.8. The van der Waals surface area contributed by atoms with Crippen molar-refractivity contribution in [2.45, 2.75) is 39.5 Å². The molecule has 1 aromatic rings. The standard InChI is InChI=1S/C16H22O/c1-11-5-12(2)7-16(6-11)17-10-15-9-13-3-4-14(15)8-13/h5-7,13-15H,3-4,8-10H2,1-2H3. The van der Waals surface area contributed by atoms with Crippen LogP contribution >= 0.6 is 0 Å². The topological polar surface area (TPSA) is 9.23 Å². The number of benzene rings is 1. The third-order valence-electron chi connectivity index (χ3n) is 4.54. The summed E-state index contributed by atoms with van der Waals surface area (Å²) in [5.41, 5.74) is 2.60. The summed E-state index contributed by atoms with van der Waals surface area (Å²) < 4.78 is 6.00. The highest BCUT2D eigenvalue weighted by atomic mass is 16.5. The van der Waals surface area contributed by atoms with Crippen LogP contribution in [0.15, 0.2) is 18.2 Å². The molecule has 17 heavy (non-hydrogen) atoms. The van der Waals surface area contributed by atoms with Gasteiger partial charge in [0.2, 0.25) is 0 Å². The van der Waals surface area contributed by atoms with Gasteiger partial charge < -0.3 is 4.74 Å². The third-order valence-corrected chi connectivity index (χ3v) is 4.54. The van der Waals surface area contributed by atoms with E-state index in [1.54, 1.807) is 0 Å². The zero-order valence-corrected chi connectivity index (χ0v) is 10.9. The van der Waals surface area contributed by atoms with Gasteiger partial charge in [-0.2, -0.15) is 0 Å². The van der Waals surface area contributed by atoms with E-state index in [0.29, 0.717) is 0 Å². The predicted molar refractivity (Wildman–Crippen MR) is 70.3 cm³/mol. The average molecular weight is 230 g/mol. The molecule has 0 spiro atoms. The second-order valence-electron chi connectivity index (χ2n) is 6.07. The maximum absolute atomic E-state index is 6.00. The molecule has 1 heteroatoms. The molecule has 2 aliphatic rings. The van der Waals surface area contributed by atoms with Crippen molar-refractivity contribution in [2.75, 3.05) is 6.61 Å². The van der Waals surface area contributed by atoms with E-state index >= 15 is 0 Å². The SMILES string of the molecule is Cc1cc(C)cc(OCC2CC3CCC2C3)c1. The number of fused-ring (bicyclic) bond motifs is 2. The Bertz CT molecular complexity index is 390. The summed E-state index contributed by atoms with van der Waals surface area (Å²) in [7, 11) is 0. The van der Waals surface area contributed by atoms with E-state index in [1.807, 2.05) is 0 Å². The molecule has 2 saturated carbocycles. The first kappa shape index (κ1) is 11.1. The molecule has 0 saturated heterocycles. The second-order valence-corrected chi connectivity index (χ2v) is 6.07. The molecule has 2 aliphatic carbocycles. The molecule has 3 atom stereocenters. The molecule has 0 N–H and O–H groups in total. The minimum Gasteiger partial charge on any atom is -0.493 e. The van der Waals surface area contributed by atoms with Crippen LogP contribution in [0.1, 0.15) is 36.8 Å². The molecule has 92 valence electrons. The summed E-state index contributed by atoms with van der Waals surface area (Å²) in [5, 5.41) is 0. The van der Waals surface area contributed by atoms with Gasteiger partial charge in [0.1, 0.15) is 5.75 Å². The largest absolute Gasteiger partial charge is 0.493 e. The van der Waals surface area contributed by atoms with Crippen molar-refractivity contribution in [3.63, 3.8) is 0 Å². The molecular weight excluding hydrogens is 208 g/mol. The second kappa shape index (κ2) is 4.36. The summed E-state index contributed by atoms with van der Waals surface area (Å²) in [5.74, 6) is 3.87. The number of ether oxygens (including phenoxy) is 1. The normalized spacial score (nSPS) is 30.8. The Morgan fingerprint density at radius 2 is 1.82 bits per heavy atom. The average Bonchev–Trinajstić information content (AvgIpc) is 2.86. The smallest absolute Gasteiger partial charge is 0.119 e. The van der Waals surface area contributed by atoms with Crippen LogP contribution in [0, 0.1) is 31.6 Å². The first-order valence-electron chi connectivity index (χ1n) is 6.92. The van der Waals surface area contributed by atoms with Gasteiger partial charge in [-0.05, 0) is 74.1 Å². The molecule has 3 unspecified atom stereocenters. The number of hydrogen-bond donors (Lipinski definition) is 0. The fourth-order valence-electron chi connectivity index (χ4n) is 3.80. The molecule has 0 amide bonds. The predicted octanol–water partition coefficient (Wildman–Crippen LogP) is 4.12. The van der Waals surface area contributed by atoms with Crippen LogP contribution in [0.25, 0.3) is 0 Å². The lowest BCUT2D eigenvalue weighted by molar-refractivity contribution is 0.195. The van der Waals surface area contributed by atoms with Crippen molar-refractivity contribution in [1.82, 2.24) is 0 Å². The van der Waals surface area contributed by atoms with Crippen LogP contribution in [0.5, 0.6) is 5.75 Å². The van der Waals surface area contributed by atoms with E-state index in [-0.39, 0.29) is 0 Å². The monoisotopic (exact) mass is 230 g/mol. The van der Waals surface area contributed by atoms with E-state index in [1.165, 1.54) is 36.8 Å². The van der Waals surface area contributed by atoms with E-state index in [9.17, 15) is 0 Å². The Kier molecular flexibility index (Phi) is 2.85. The molecule has 0 aliphatic heterocycles. The van der Waals surface area contributed by atoms with Crippen molar-refractivity contribution in [2.24, 2.45) is 17.8 Å². The van der Waals surface area contributed by atoms with Gasteiger partial charge in [0.15, 0.2) is 0 Å². The molecule has 1 aromatic carbocycles. The summed E-state index contributed by atoms with van der Waals surface area (Å²) in [4.78, 5) is 0. The molecule has 2 bridgehead atoms. The maximum Gasteiger partial charge on any atom is 0.119 e. The molecule has 1 nitrogen and oxygen atoms in total. The summed E-state index contributed by atoms with van der Waals surface area (Å²) in [6.07, 6.45) is 5.81. The minimum absolute atomic E-state index is 0.828. The highest BCUT2D eigenvalue weighted by molar-refractivity contribution is 5.33. The van der Waals surface area contributed by atoms with Crippen LogP contribution in [0.3, 0.4) is 0 Å². The van der Waals surface area contributed by atoms with Crippen molar-refractivity contribution in [3.05, 3.63) is 29.3 Å². The third kappa shape index (κ3) is 2.34. The quantitative estimate of drug-likeness (QED) is 0.759. The summed E-state index contributed by atoms with van der Waals surface area (Å²) in [6, 6.07) is 6.50. The Morgan fingerprint density at radius 3 is 2.41 bits per heavy atom. The fourth-order valence-corrected chi connectivity index (χ4v) is 3.80. The van der Waals surface area contributed by atoms with Crippen molar-refractivity contribution >= 4 is 0 Å². The lowest BCUT2D eigenvalue weighted by atomic mass is 9.89. The van der Waals surface area contributed by atoms with E-state index in [0.717, 1.165) is 30.1 Å². The fraction of sp³-hybridized carbons (Fsp3) is 0.625. The van der Waals surface area contributed by atoms with Gasteiger partial charge >= 0.3 is 0 Å². The van der Waals surface area contributed by atoms with E-state index < -0.39 is 0 Å². The highest BCUT2D eigenvalue weighted by Crippen LogP contribution is 2.48. The summed E-state index contributed by atoms with van der Waals surface area (Å²) in [6.45, 7) is 5.21. The van der Waals surface area contributed by atoms with Crippen LogP contribution in [-0.2, 0) is 0 Å². The lowest BCUT2D eigenvalue weighted by Gasteiger charge is -2.22. The zero-order valence-electron chi connectivity index (χ0n) is 10.9. The molecule has 0 radical (unpaired) electrons. The van der Waals surface area contributed by atoms with Crippen LogP contribution in [0.2, 0.25) is 0 Å². The number of aryl methyl sites for hydroxylation is 2. The maximum atomic E-state index is 6.00. The van der Waals surface area contributed by atoms with Crippen LogP contribution < -0.4 is 4.74 Å².